The van der Waals surface area contributed by atoms with Crippen molar-refractivity contribution in [3.63, 3.8) is 0 Å². The Morgan fingerprint density at radius 1 is 0.844 bits per heavy atom. The van der Waals surface area contributed by atoms with Gasteiger partial charge in [-0.2, -0.15) is 0 Å². The van der Waals surface area contributed by atoms with Crippen molar-refractivity contribution in [1.29, 1.82) is 0 Å². The Balaban J connectivity index is 5.44. The zero-order valence-corrected chi connectivity index (χ0v) is 18.4. The molecule has 0 rings (SSSR count). The number of primary amides is 1. The van der Waals surface area contributed by atoms with Gasteiger partial charge in [-0.15, -0.1) is 0 Å². The number of carboxylic acid groups (broad SMARTS) is 2. The molecule has 13 nitrogen and oxygen atoms in total. The number of carbonyl (C=O) groups excluding carboxylic acids is 4. The van der Waals surface area contributed by atoms with Gasteiger partial charge in [0.15, 0.2) is 0 Å². The van der Waals surface area contributed by atoms with Gasteiger partial charge in [-0.25, -0.2) is 0 Å². The molecule has 9 N–H and O–H groups in total. The van der Waals surface area contributed by atoms with E-state index in [2.05, 4.69) is 16.0 Å². The maximum atomic E-state index is 12.8. The molecule has 182 valence electrons. The van der Waals surface area contributed by atoms with Crippen molar-refractivity contribution in [2.75, 3.05) is 0 Å². The van der Waals surface area contributed by atoms with Gasteiger partial charge in [-0.1, -0.05) is 20.3 Å². The SMILES string of the molecule is CCC(C)C(NC(=O)C(CCC(N)=O)NC(=O)C(N)CCC(=O)O)C(=O)NC(C)C(=O)O. The van der Waals surface area contributed by atoms with Crippen molar-refractivity contribution >= 4 is 35.6 Å². The van der Waals surface area contributed by atoms with Crippen molar-refractivity contribution < 1.29 is 39.0 Å². The van der Waals surface area contributed by atoms with E-state index in [1.807, 2.05) is 0 Å². The van der Waals surface area contributed by atoms with E-state index >= 15 is 0 Å². The summed E-state index contributed by atoms with van der Waals surface area (Å²) in [5, 5.41) is 24.8. The molecule has 5 unspecified atom stereocenters. The Bertz CT molecular complexity index is 714. The Morgan fingerprint density at radius 3 is 1.91 bits per heavy atom. The van der Waals surface area contributed by atoms with E-state index in [0.717, 1.165) is 0 Å². The maximum Gasteiger partial charge on any atom is 0.325 e. The van der Waals surface area contributed by atoms with Crippen LogP contribution in [0.1, 0.15) is 52.9 Å². The first kappa shape index (κ1) is 28.8. The van der Waals surface area contributed by atoms with Crippen molar-refractivity contribution in [2.45, 2.75) is 77.0 Å². The third-order valence-electron chi connectivity index (χ3n) is 4.84. The van der Waals surface area contributed by atoms with Crippen LogP contribution in [-0.2, 0) is 28.8 Å². The Kier molecular flexibility index (Phi) is 12.6. The molecule has 0 heterocycles. The average Bonchev–Trinajstić information content (AvgIpc) is 2.71. The van der Waals surface area contributed by atoms with Crippen LogP contribution in [0.25, 0.3) is 0 Å². The first-order valence-electron chi connectivity index (χ1n) is 10.2. The van der Waals surface area contributed by atoms with Crippen LogP contribution in [-0.4, -0.2) is 69.9 Å². The fourth-order valence-corrected chi connectivity index (χ4v) is 2.56. The Morgan fingerprint density at radius 2 is 1.44 bits per heavy atom. The highest BCUT2D eigenvalue weighted by molar-refractivity contribution is 5.94. The lowest BCUT2D eigenvalue weighted by Crippen LogP contribution is -2.58. The minimum absolute atomic E-state index is 0.170. The molecular weight excluding hydrogens is 426 g/mol. The summed E-state index contributed by atoms with van der Waals surface area (Å²) in [7, 11) is 0. The third kappa shape index (κ3) is 10.7. The number of hydrogen-bond donors (Lipinski definition) is 7. The highest BCUT2D eigenvalue weighted by Crippen LogP contribution is 2.10. The summed E-state index contributed by atoms with van der Waals surface area (Å²) in [6.45, 7) is 4.71. The minimum atomic E-state index is -1.28. The fraction of sp³-hybridized carbons (Fsp3) is 0.684. The minimum Gasteiger partial charge on any atom is -0.481 e. The summed E-state index contributed by atoms with van der Waals surface area (Å²) >= 11 is 0. The van der Waals surface area contributed by atoms with Crippen molar-refractivity contribution in [3.8, 4) is 0 Å². The number of rotatable bonds is 15. The summed E-state index contributed by atoms with van der Waals surface area (Å²) in [5.74, 6) is -5.83. The zero-order chi connectivity index (χ0) is 25.0. The lowest BCUT2D eigenvalue weighted by molar-refractivity contribution is -0.142. The molecule has 0 saturated carbocycles. The van der Waals surface area contributed by atoms with Gasteiger partial charge in [-0.3, -0.25) is 28.8 Å². The van der Waals surface area contributed by atoms with Gasteiger partial charge in [0.1, 0.15) is 18.1 Å². The highest BCUT2D eigenvalue weighted by Gasteiger charge is 2.32. The van der Waals surface area contributed by atoms with Gasteiger partial charge < -0.3 is 37.6 Å². The van der Waals surface area contributed by atoms with Crippen LogP contribution in [0.15, 0.2) is 0 Å². The Labute approximate surface area is 185 Å². The van der Waals surface area contributed by atoms with Crippen LogP contribution in [0.3, 0.4) is 0 Å². The van der Waals surface area contributed by atoms with Crippen LogP contribution < -0.4 is 27.4 Å². The maximum absolute atomic E-state index is 12.8. The van der Waals surface area contributed by atoms with Gasteiger partial charge in [0, 0.05) is 12.8 Å². The molecule has 13 heteroatoms. The van der Waals surface area contributed by atoms with Gasteiger partial charge in [-0.05, 0) is 25.7 Å². The monoisotopic (exact) mass is 459 g/mol. The quantitative estimate of drug-likeness (QED) is 0.144. The molecule has 0 aromatic rings. The fourth-order valence-electron chi connectivity index (χ4n) is 2.56. The van der Waals surface area contributed by atoms with Crippen molar-refractivity contribution in [2.24, 2.45) is 17.4 Å². The number of nitrogens with one attached hydrogen (secondary N) is 3. The molecule has 0 aromatic carbocycles. The number of carbonyl (C=O) groups is 6. The van der Waals surface area contributed by atoms with Crippen LogP contribution in [0.2, 0.25) is 0 Å². The summed E-state index contributed by atoms with van der Waals surface area (Å²) in [6, 6.07) is -4.78. The number of carboxylic acids is 2. The number of nitrogens with two attached hydrogens (primary N) is 2. The standard InChI is InChI=1S/C19H33N5O8/c1-4-9(2)15(18(30)22-10(3)19(31)32)24-17(29)12(6-7-13(21)25)23-16(28)11(20)5-8-14(26)27/h9-12,15H,4-8,20H2,1-3H3,(H2,21,25)(H,22,30)(H,23,28)(H,24,29)(H,26,27)(H,31,32). The first-order chi connectivity index (χ1) is 14.8. The van der Waals surface area contributed by atoms with E-state index in [-0.39, 0.29) is 31.6 Å². The summed E-state index contributed by atoms with van der Waals surface area (Å²) in [6.07, 6.45) is -0.489. The Hall–Kier alpha value is -3.22. The predicted molar refractivity (Wildman–Crippen MR) is 112 cm³/mol. The van der Waals surface area contributed by atoms with Gasteiger partial charge in [0.25, 0.3) is 0 Å². The molecule has 5 atom stereocenters. The molecule has 0 bridgehead atoms. The predicted octanol–water partition coefficient (Wildman–Crippen LogP) is -1.95. The molecule has 4 amide bonds. The first-order valence-corrected chi connectivity index (χ1v) is 10.2. The molecule has 0 aromatic heterocycles. The number of aliphatic carboxylic acids is 2. The van der Waals surface area contributed by atoms with Crippen LogP contribution in [0.4, 0.5) is 0 Å². The van der Waals surface area contributed by atoms with E-state index in [1.54, 1.807) is 13.8 Å². The normalized spacial score (nSPS) is 15.4. The molecule has 0 radical (unpaired) electrons. The van der Waals surface area contributed by atoms with E-state index in [0.29, 0.717) is 6.42 Å². The molecule has 0 aliphatic carbocycles. The van der Waals surface area contributed by atoms with Crippen LogP contribution in [0.5, 0.6) is 0 Å². The van der Waals surface area contributed by atoms with E-state index in [4.69, 9.17) is 21.7 Å². The second-order valence-electron chi connectivity index (χ2n) is 7.55. The summed E-state index contributed by atoms with van der Waals surface area (Å²) < 4.78 is 0. The molecule has 32 heavy (non-hydrogen) atoms. The lowest BCUT2D eigenvalue weighted by Gasteiger charge is -2.27. The van der Waals surface area contributed by atoms with Crippen LogP contribution >= 0.6 is 0 Å². The zero-order valence-electron chi connectivity index (χ0n) is 18.4. The molecule has 0 saturated heterocycles. The molecule has 0 spiro atoms. The average molecular weight is 460 g/mol. The van der Waals surface area contributed by atoms with E-state index in [9.17, 15) is 28.8 Å². The molecule has 0 aliphatic rings. The largest absolute Gasteiger partial charge is 0.481 e. The van der Waals surface area contributed by atoms with Crippen LogP contribution in [0, 0.1) is 5.92 Å². The summed E-state index contributed by atoms with van der Waals surface area (Å²) in [5.41, 5.74) is 10.8. The van der Waals surface area contributed by atoms with Crippen molar-refractivity contribution in [1.82, 2.24) is 16.0 Å². The van der Waals surface area contributed by atoms with E-state index < -0.39 is 59.7 Å². The second-order valence-corrected chi connectivity index (χ2v) is 7.55. The topological polar surface area (TPSA) is 231 Å². The third-order valence-corrected chi connectivity index (χ3v) is 4.84. The number of amides is 4. The smallest absolute Gasteiger partial charge is 0.325 e. The van der Waals surface area contributed by atoms with E-state index in [1.165, 1.54) is 6.92 Å². The lowest BCUT2D eigenvalue weighted by atomic mass is 9.97. The van der Waals surface area contributed by atoms with Crippen molar-refractivity contribution in [3.05, 3.63) is 0 Å². The van der Waals surface area contributed by atoms with Gasteiger partial charge in [0.05, 0.1) is 6.04 Å². The molecule has 0 aliphatic heterocycles. The van der Waals surface area contributed by atoms with Gasteiger partial charge in [0.2, 0.25) is 23.6 Å². The number of hydrogen-bond acceptors (Lipinski definition) is 7. The summed E-state index contributed by atoms with van der Waals surface area (Å²) in [4.78, 5) is 70.5. The molecular formula is C19H33N5O8. The highest BCUT2D eigenvalue weighted by atomic mass is 16.4. The van der Waals surface area contributed by atoms with Gasteiger partial charge >= 0.3 is 11.9 Å². The second kappa shape index (κ2) is 14.0. The molecule has 0 fully saturated rings.